The molecular weight excluding hydrogens is 154 g/mol. The Labute approximate surface area is 73.8 Å². The number of methoxy groups -OCH3 is 1. The molecule has 0 saturated heterocycles. The molecule has 0 aliphatic rings. The van der Waals surface area contributed by atoms with Crippen LogP contribution in [0, 0.1) is 0 Å². The topological polar surface area (TPSA) is 38.3 Å². The van der Waals surface area contributed by atoms with E-state index in [2.05, 4.69) is 16.6 Å². The van der Waals surface area contributed by atoms with Gasteiger partial charge in [-0.2, -0.15) is 0 Å². The van der Waals surface area contributed by atoms with Gasteiger partial charge in [0.2, 0.25) is 0 Å². The van der Waals surface area contributed by atoms with Gasteiger partial charge in [0.1, 0.15) is 6.04 Å². The Bertz CT molecular complexity index is 175. The second-order valence-electron chi connectivity index (χ2n) is 3.12. The van der Waals surface area contributed by atoms with Crippen LogP contribution in [-0.2, 0) is 9.53 Å². The molecule has 12 heavy (non-hydrogen) atoms. The molecule has 0 amide bonds. The molecule has 0 aliphatic carbocycles. The van der Waals surface area contributed by atoms with Crippen molar-refractivity contribution in [1.29, 1.82) is 0 Å². The van der Waals surface area contributed by atoms with E-state index >= 15 is 0 Å². The van der Waals surface area contributed by atoms with Crippen LogP contribution in [0.25, 0.3) is 0 Å². The van der Waals surface area contributed by atoms with E-state index in [1.165, 1.54) is 7.11 Å². The summed E-state index contributed by atoms with van der Waals surface area (Å²) in [5, 5.41) is 3.06. The number of carbonyl (C=O) groups excluding carboxylic acids is 1. The zero-order chi connectivity index (χ0) is 9.72. The SMILES string of the molecule is C=C(C)C(NC(C)C)C(=O)OC. The monoisotopic (exact) mass is 171 g/mol. The third-order valence-corrected chi connectivity index (χ3v) is 1.43. The van der Waals surface area contributed by atoms with E-state index in [0.29, 0.717) is 0 Å². The fourth-order valence-corrected chi connectivity index (χ4v) is 0.863. The van der Waals surface area contributed by atoms with Gasteiger partial charge in [-0.15, -0.1) is 0 Å². The summed E-state index contributed by atoms with van der Waals surface area (Å²) in [4.78, 5) is 11.1. The molecule has 0 saturated carbocycles. The summed E-state index contributed by atoms with van der Waals surface area (Å²) in [6, 6.07) is -0.138. The van der Waals surface area contributed by atoms with Crippen molar-refractivity contribution in [2.45, 2.75) is 32.9 Å². The lowest BCUT2D eigenvalue weighted by Crippen LogP contribution is -2.42. The Morgan fingerprint density at radius 3 is 2.25 bits per heavy atom. The highest BCUT2D eigenvalue weighted by molar-refractivity contribution is 5.79. The van der Waals surface area contributed by atoms with Crippen LogP contribution in [0.5, 0.6) is 0 Å². The molecule has 0 spiro atoms. The second-order valence-corrected chi connectivity index (χ2v) is 3.12. The van der Waals surface area contributed by atoms with Gasteiger partial charge in [-0.05, 0) is 20.8 Å². The molecule has 0 aromatic heterocycles. The molecule has 3 nitrogen and oxygen atoms in total. The first-order valence-electron chi connectivity index (χ1n) is 3.98. The quantitative estimate of drug-likeness (QED) is 0.508. The summed E-state index contributed by atoms with van der Waals surface area (Å²) in [7, 11) is 1.38. The van der Waals surface area contributed by atoms with Gasteiger partial charge in [0, 0.05) is 6.04 Å². The van der Waals surface area contributed by atoms with Gasteiger partial charge in [-0.25, -0.2) is 0 Å². The van der Waals surface area contributed by atoms with Crippen LogP contribution < -0.4 is 5.32 Å². The van der Waals surface area contributed by atoms with E-state index in [0.717, 1.165) is 5.57 Å². The van der Waals surface area contributed by atoms with Crippen LogP contribution in [0.4, 0.5) is 0 Å². The minimum atomic E-state index is -0.380. The zero-order valence-electron chi connectivity index (χ0n) is 8.18. The van der Waals surface area contributed by atoms with Crippen LogP contribution >= 0.6 is 0 Å². The smallest absolute Gasteiger partial charge is 0.327 e. The molecule has 0 aromatic rings. The van der Waals surface area contributed by atoms with Crippen molar-refractivity contribution in [3.63, 3.8) is 0 Å². The first-order chi connectivity index (χ1) is 5.49. The molecular formula is C9H17NO2. The number of hydrogen-bond donors (Lipinski definition) is 1. The number of ether oxygens (including phenoxy) is 1. The maximum Gasteiger partial charge on any atom is 0.327 e. The Morgan fingerprint density at radius 2 is 2.00 bits per heavy atom. The van der Waals surface area contributed by atoms with Crippen LogP contribution in [0.2, 0.25) is 0 Å². The molecule has 1 unspecified atom stereocenters. The van der Waals surface area contributed by atoms with Crippen LogP contribution in [-0.4, -0.2) is 25.2 Å². The molecule has 1 atom stereocenters. The number of hydrogen-bond acceptors (Lipinski definition) is 3. The summed E-state index contributed by atoms with van der Waals surface area (Å²) < 4.78 is 4.61. The minimum Gasteiger partial charge on any atom is -0.468 e. The third kappa shape index (κ3) is 3.53. The lowest BCUT2D eigenvalue weighted by Gasteiger charge is -2.18. The van der Waals surface area contributed by atoms with Gasteiger partial charge < -0.3 is 4.74 Å². The predicted octanol–water partition coefficient (Wildman–Crippen LogP) is 1.10. The van der Waals surface area contributed by atoms with Crippen LogP contribution in [0.15, 0.2) is 12.2 Å². The molecule has 0 heterocycles. The average Bonchev–Trinajstić information content (AvgIpc) is 1.98. The molecule has 0 fully saturated rings. The summed E-state index contributed by atoms with van der Waals surface area (Å²) in [5.74, 6) is -0.281. The number of esters is 1. The van der Waals surface area contributed by atoms with E-state index in [9.17, 15) is 4.79 Å². The van der Waals surface area contributed by atoms with Gasteiger partial charge in [-0.1, -0.05) is 12.2 Å². The van der Waals surface area contributed by atoms with Crippen molar-refractivity contribution < 1.29 is 9.53 Å². The molecule has 0 rings (SSSR count). The van der Waals surface area contributed by atoms with Crippen LogP contribution in [0.1, 0.15) is 20.8 Å². The number of carbonyl (C=O) groups is 1. The molecule has 1 N–H and O–H groups in total. The van der Waals surface area contributed by atoms with E-state index in [1.807, 2.05) is 13.8 Å². The normalized spacial score (nSPS) is 12.8. The largest absolute Gasteiger partial charge is 0.468 e. The van der Waals surface area contributed by atoms with E-state index in [-0.39, 0.29) is 18.1 Å². The Balaban J connectivity index is 4.23. The molecule has 70 valence electrons. The molecule has 0 aliphatic heterocycles. The van der Waals surface area contributed by atoms with Crippen molar-refractivity contribution in [2.75, 3.05) is 7.11 Å². The maximum absolute atomic E-state index is 11.1. The number of nitrogens with one attached hydrogen (secondary N) is 1. The number of rotatable bonds is 4. The summed E-state index contributed by atoms with van der Waals surface area (Å²) in [6.45, 7) is 9.46. The highest BCUT2D eigenvalue weighted by Crippen LogP contribution is 2.01. The summed E-state index contributed by atoms with van der Waals surface area (Å²) in [6.07, 6.45) is 0. The van der Waals surface area contributed by atoms with Gasteiger partial charge in [-0.3, -0.25) is 10.1 Å². The van der Waals surface area contributed by atoms with Crippen LogP contribution in [0.3, 0.4) is 0 Å². The van der Waals surface area contributed by atoms with Gasteiger partial charge in [0.05, 0.1) is 7.11 Å². The van der Waals surface area contributed by atoms with Crippen molar-refractivity contribution in [3.05, 3.63) is 12.2 Å². The lowest BCUT2D eigenvalue weighted by molar-refractivity contribution is -0.142. The Kier molecular flexibility index (Phi) is 4.59. The second kappa shape index (κ2) is 4.93. The zero-order valence-corrected chi connectivity index (χ0v) is 8.18. The third-order valence-electron chi connectivity index (χ3n) is 1.43. The fraction of sp³-hybridized carbons (Fsp3) is 0.667. The first kappa shape index (κ1) is 11.2. The van der Waals surface area contributed by atoms with Crippen molar-refractivity contribution in [1.82, 2.24) is 5.32 Å². The van der Waals surface area contributed by atoms with Gasteiger partial charge >= 0.3 is 5.97 Å². The first-order valence-corrected chi connectivity index (χ1v) is 3.98. The molecule has 0 bridgehead atoms. The minimum absolute atomic E-state index is 0.241. The van der Waals surface area contributed by atoms with Gasteiger partial charge in [0.25, 0.3) is 0 Å². The molecule has 0 radical (unpaired) electrons. The molecule has 0 aromatic carbocycles. The van der Waals surface area contributed by atoms with E-state index in [1.54, 1.807) is 6.92 Å². The summed E-state index contributed by atoms with van der Waals surface area (Å²) >= 11 is 0. The standard InChI is InChI=1S/C9H17NO2/c1-6(2)8(9(11)12-5)10-7(3)4/h7-8,10H,1H2,2-5H3. The Hall–Kier alpha value is -0.830. The van der Waals surface area contributed by atoms with Crippen molar-refractivity contribution in [3.8, 4) is 0 Å². The predicted molar refractivity (Wildman–Crippen MR) is 48.9 cm³/mol. The Morgan fingerprint density at radius 1 is 1.50 bits per heavy atom. The van der Waals surface area contributed by atoms with Crippen molar-refractivity contribution >= 4 is 5.97 Å². The average molecular weight is 171 g/mol. The molecule has 3 heteroatoms. The highest BCUT2D eigenvalue weighted by Gasteiger charge is 2.19. The fourth-order valence-electron chi connectivity index (χ4n) is 0.863. The maximum atomic E-state index is 11.1. The highest BCUT2D eigenvalue weighted by atomic mass is 16.5. The van der Waals surface area contributed by atoms with Crippen molar-refractivity contribution in [2.24, 2.45) is 0 Å². The van der Waals surface area contributed by atoms with Gasteiger partial charge in [0.15, 0.2) is 0 Å². The summed E-state index contributed by atoms with van der Waals surface area (Å²) in [5.41, 5.74) is 0.774. The van der Waals surface area contributed by atoms with E-state index < -0.39 is 0 Å². The lowest BCUT2D eigenvalue weighted by atomic mass is 10.1. The van der Waals surface area contributed by atoms with E-state index in [4.69, 9.17) is 0 Å².